The number of terminal acetylenes is 1. The highest BCUT2D eigenvalue weighted by atomic mass is 28.1. The standard InChI is InChI=1S/C7H14O2Si/c1-4-7(10,8-5-2)9-6-3/h1H,5-6H2,2-3,10H3. The Bertz CT molecular complexity index is 122. The maximum Gasteiger partial charge on any atom is 0.201 e. The van der Waals surface area contributed by atoms with Crippen LogP contribution in [0.1, 0.15) is 13.8 Å². The van der Waals surface area contributed by atoms with Crippen LogP contribution < -0.4 is 0 Å². The molecule has 0 amide bonds. The van der Waals surface area contributed by atoms with Gasteiger partial charge in [0, 0.05) is 13.2 Å². The molecule has 0 heterocycles. The molecule has 0 rings (SSSR count). The Morgan fingerprint density at radius 3 is 2.00 bits per heavy atom. The molecule has 0 saturated carbocycles. The van der Waals surface area contributed by atoms with Crippen molar-refractivity contribution in [3.05, 3.63) is 0 Å². The van der Waals surface area contributed by atoms with Gasteiger partial charge in [0.2, 0.25) is 5.41 Å². The summed E-state index contributed by atoms with van der Waals surface area (Å²) in [6.07, 6.45) is 5.21. The van der Waals surface area contributed by atoms with Gasteiger partial charge in [0.05, 0.1) is 10.2 Å². The first-order chi connectivity index (χ1) is 4.68. The zero-order valence-corrected chi connectivity index (χ0v) is 8.81. The molecule has 0 aliphatic carbocycles. The molecule has 0 aromatic rings. The van der Waals surface area contributed by atoms with E-state index in [1.807, 2.05) is 13.8 Å². The lowest BCUT2D eigenvalue weighted by Crippen LogP contribution is -2.34. The molecule has 0 radical (unpaired) electrons. The van der Waals surface area contributed by atoms with E-state index in [1.54, 1.807) is 0 Å². The predicted octanol–water partition coefficient (Wildman–Crippen LogP) is -0.288. The van der Waals surface area contributed by atoms with Crippen molar-refractivity contribution in [1.29, 1.82) is 0 Å². The summed E-state index contributed by atoms with van der Waals surface area (Å²) in [5.74, 6) is 2.50. The van der Waals surface area contributed by atoms with Gasteiger partial charge in [0.1, 0.15) is 0 Å². The highest BCUT2D eigenvalue weighted by molar-refractivity contribution is 6.15. The minimum Gasteiger partial charge on any atom is -0.344 e. The van der Waals surface area contributed by atoms with Gasteiger partial charge in [-0.1, -0.05) is 0 Å². The van der Waals surface area contributed by atoms with Gasteiger partial charge in [-0.2, -0.15) is 0 Å². The highest BCUT2D eigenvalue weighted by Gasteiger charge is 2.19. The fourth-order valence-corrected chi connectivity index (χ4v) is 1.25. The van der Waals surface area contributed by atoms with Gasteiger partial charge < -0.3 is 9.47 Å². The lowest BCUT2D eigenvalue weighted by Gasteiger charge is -2.23. The van der Waals surface area contributed by atoms with E-state index in [2.05, 4.69) is 5.92 Å². The average molecular weight is 158 g/mol. The van der Waals surface area contributed by atoms with Crippen LogP contribution in [0.5, 0.6) is 0 Å². The quantitative estimate of drug-likeness (QED) is 0.318. The van der Waals surface area contributed by atoms with E-state index in [0.717, 1.165) is 0 Å². The lowest BCUT2D eigenvalue weighted by atomic mass is 10.6. The fraction of sp³-hybridized carbons (Fsp3) is 0.714. The third-order valence-corrected chi connectivity index (χ3v) is 1.97. The SMILES string of the molecule is C#CC([SiH3])(OCC)OCC. The van der Waals surface area contributed by atoms with E-state index < -0.39 is 5.41 Å². The first-order valence-corrected chi connectivity index (χ1v) is 4.44. The second-order valence-electron chi connectivity index (χ2n) is 1.96. The predicted molar refractivity (Wildman–Crippen MR) is 44.8 cm³/mol. The summed E-state index contributed by atoms with van der Waals surface area (Å²) < 4.78 is 10.4. The normalized spacial score (nSPS) is 11.3. The summed E-state index contributed by atoms with van der Waals surface area (Å²) in [6.45, 7) is 5.02. The first kappa shape index (κ1) is 9.70. The summed E-state index contributed by atoms with van der Waals surface area (Å²) in [6, 6.07) is 0. The summed E-state index contributed by atoms with van der Waals surface area (Å²) in [5, 5.41) is 0. The highest BCUT2D eigenvalue weighted by Crippen LogP contribution is 2.05. The van der Waals surface area contributed by atoms with Crippen LogP contribution >= 0.6 is 0 Å². The van der Waals surface area contributed by atoms with Crippen molar-refractivity contribution in [2.75, 3.05) is 13.2 Å². The summed E-state index contributed by atoms with van der Waals surface area (Å²) in [5.41, 5.74) is -0.691. The van der Waals surface area contributed by atoms with Crippen molar-refractivity contribution in [1.82, 2.24) is 0 Å². The zero-order chi connectivity index (χ0) is 8.04. The molecule has 0 unspecified atom stereocenters. The molecule has 0 saturated heterocycles. The molecule has 0 atom stereocenters. The molecule has 0 spiro atoms. The van der Waals surface area contributed by atoms with Crippen molar-refractivity contribution >= 4 is 10.2 Å². The van der Waals surface area contributed by atoms with Crippen LogP contribution in [0.2, 0.25) is 0 Å². The largest absolute Gasteiger partial charge is 0.344 e. The number of hydrogen-bond donors (Lipinski definition) is 0. The smallest absolute Gasteiger partial charge is 0.201 e. The number of ether oxygens (including phenoxy) is 2. The molecule has 0 aromatic heterocycles. The van der Waals surface area contributed by atoms with Crippen molar-refractivity contribution in [3.63, 3.8) is 0 Å². The molecule has 0 N–H and O–H groups in total. The van der Waals surface area contributed by atoms with Gasteiger partial charge in [-0.05, 0) is 19.8 Å². The van der Waals surface area contributed by atoms with E-state index in [1.165, 1.54) is 0 Å². The summed E-state index contributed by atoms with van der Waals surface area (Å²) >= 11 is 0. The van der Waals surface area contributed by atoms with Crippen molar-refractivity contribution in [3.8, 4) is 12.3 Å². The van der Waals surface area contributed by atoms with Crippen LogP contribution in [-0.2, 0) is 9.47 Å². The van der Waals surface area contributed by atoms with Gasteiger partial charge in [0.15, 0.2) is 0 Å². The molecule has 0 aromatic carbocycles. The molecular weight excluding hydrogens is 144 g/mol. The van der Waals surface area contributed by atoms with E-state index in [-0.39, 0.29) is 0 Å². The maximum atomic E-state index is 5.22. The molecule has 0 aliphatic heterocycles. The van der Waals surface area contributed by atoms with E-state index in [9.17, 15) is 0 Å². The Hall–Kier alpha value is -0.303. The molecule has 0 aliphatic rings. The van der Waals surface area contributed by atoms with Crippen LogP contribution in [0.3, 0.4) is 0 Å². The minimum absolute atomic E-state index is 0.605. The molecule has 2 nitrogen and oxygen atoms in total. The molecule has 3 heteroatoms. The van der Waals surface area contributed by atoms with Crippen molar-refractivity contribution in [2.24, 2.45) is 0 Å². The van der Waals surface area contributed by atoms with Gasteiger partial charge in [0.25, 0.3) is 0 Å². The molecule has 10 heavy (non-hydrogen) atoms. The summed E-state index contributed by atoms with van der Waals surface area (Å²) in [4.78, 5) is 0. The van der Waals surface area contributed by atoms with Gasteiger partial charge >= 0.3 is 0 Å². The Labute approximate surface area is 65.3 Å². The molecular formula is C7H14O2Si. The second-order valence-corrected chi connectivity index (χ2v) is 3.27. The van der Waals surface area contributed by atoms with E-state index >= 15 is 0 Å². The third kappa shape index (κ3) is 3.02. The van der Waals surface area contributed by atoms with Crippen molar-refractivity contribution in [2.45, 2.75) is 19.3 Å². The van der Waals surface area contributed by atoms with Gasteiger partial charge in [-0.25, -0.2) is 0 Å². The lowest BCUT2D eigenvalue weighted by molar-refractivity contribution is -0.132. The van der Waals surface area contributed by atoms with E-state index in [0.29, 0.717) is 23.5 Å². The van der Waals surface area contributed by atoms with Gasteiger partial charge in [-0.3, -0.25) is 0 Å². The minimum atomic E-state index is -0.691. The Morgan fingerprint density at radius 1 is 1.40 bits per heavy atom. The Morgan fingerprint density at radius 2 is 1.80 bits per heavy atom. The summed E-state index contributed by atoms with van der Waals surface area (Å²) in [7, 11) is 0.708. The number of rotatable bonds is 4. The Kier molecular flexibility index (Phi) is 4.37. The van der Waals surface area contributed by atoms with Crippen LogP contribution in [0.4, 0.5) is 0 Å². The van der Waals surface area contributed by atoms with Crippen LogP contribution in [0.15, 0.2) is 0 Å². The van der Waals surface area contributed by atoms with Gasteiger partial charge in [-0.15, -0.1) is 6.42 Å². The molecule has 58 valence electrons. The topological polar surface area (TPSA) is 18.5 Å². The van der Waals surface area contributed by atoms with Crippen LogP contribution in [-0.4, -0.2) is 28.9 Å². The maximum absolute atomic E-state index is 5.22. The van der Waals surface area contributed by atoms with E-state index in [4.69, 9.17) is 15.9 Å². The third-order valence-electron chi connectivity index (χ3n) is 1.10. The second kappa shape index (κ2) is 4.50. The fourth-order valence-electron chi connectivity index (χ4n) is 0.676. The Balaban J connectivity index is 3.85. The van der Waals surface area contributed by atoms with Crippen LogP contribution in [0, 0.1) is 12.3 Å². The molecule has 0 bridgehead atoms. The zero-order valence-electron chi connectivity index (χ0n) is 6.81. The average Bonchev–Trinajstić information content (AvgIpc) is 1.89. The first-order valence-electron chi connectivity index (χ1n) is 3.44. The monoisotopic (exact) mass is 158 g/mol. The van der Waals surface area contributed by atoms with Crippen LogP contribution in [0.25, 0.3) is 0 Å². The molecule has 0 fully saturated rings. The van der Waals surface area contributed by atoms with Crippen molar-refractivity contribution < 1.29 is 9.47 Å². The number of hydrogen-bond acceptors (Lipinski definition) is 2.